The van der Waals surface area contributed by atoms with E-state index in [0.29, 0.717) is 18.2 Å². The Balaban J connectivity index is 2.08. The molecule has 19 heavy (non-hydrogen) atoms. The van der Waals surface area contributed by atoms with Crippen LogP contribution in [0.1, 0.15) is 11.3 Å². The first kappa shape index (κ1) is 12.7. The molecule has 0 amide bonds. The van der Waals surface area contributed by atoms with Crippen LogP contribution in [0, 0.1) is 11.3 Å². The van der Waals surface area contributed by atoms with Crippen LogP contribution in [0.2, 0.25) is 0 Å². The second-order valence-corrected chi connectivity index (χ2v) is 3.84. The van der Waals surface area contributed by atoms with Gasteiger partial charge in [-0.05, 0) is 23.8 Å². The van der Waals surface area contributed by atoms with E-state index >= 15 is 0 Å². The maximum absolute atomic E-state index is 8.83. The first-order valence-corrected chi connectivity index (χ1v) is 5.65. The molecule has 0 aliphatic carbocycles. The molecule has 5 nitrogen and oxygen atoms in total. The number of pyridine rings is 1. The minimum Gasteiger partial charge on any atom is -0.497 e. The van der Waals surface area contributed by atoms with Crippen molar-refractivity contribution >= 4 is 5.69 Å². The van der Waals surface area contributed by atoms with Crippen molar-refractivity contribution in [3.05, 3.63) is 47.7 Å². The van der Waals surface area contributed by atoms with Gasteiger partial charge in [0.1, 0.15) is 18.4 Å². The minimum absolute atomic E-state index is 0.170. The number of nitrogen functional groups attached to an aromatic ring is 1. The fourth-order valence-electron chi connectivity index (χ4n) is 1.54. The number of rotatable bonds is 4. The van der Waals surface area contributed by atoms with E-state index in [-0.39, 0.29) is 5.69 Å². The zero-order chi connectivity index (χ0) is 13.7. The summed E-state index contributed by atoms with van der Waals surface area (Å²) in [4.78, 5) is 4.01. The van der Waals surface area contributed by atoms with Crippen LogP contribution in [0.15, 0.2) is 36.4 Å². The Morgan fingerprint density at radius 3 is 2.89 bits per heavy atom. The van der Waals surface area contributed by atoms with Crippen LogP contribution >= 0.6 is 0 Å². The van der Waals surface area contributed by atoms with Gasteiger partial charge < -0.3 is 15.2 Å². The maximum atomic E-state index is 8.83. The molecule has 0 radical (unpaired) electrons. The normalized spacial score (nSPS) is 9.68. The summed E-state index contributed by atoms with van der Waals surface area (Å²) >= 11 is 0. The fraction of sp³-hybridized carbons (Fsp3) is 0.143. The van der Waals surface area contributed by atoms with Crippen molar-refractivity contribution in [2.75, 3.05) is 12.8 Å². The van der Waals surface area contributed by atoms with Crippen LogP contribution in [0.4, 0.5) is 5.69 Å². The van der Waals surface area contributed by atoms with E-state index in [2.05, 4.69) is 4.98 Å². The molecule has 0 aliphatic rings. The summed E-state index contributed by atoms with van der Waals surface area (Å²) in [6.07, 6.45) is 0. The van der Waals surface area contributed by atoms with Crippen molar-refractivity contribution in [1.82, 2.24) is 4.98 Å². The van der Waals surface area contributed by atoms with Gasteiger partial charge in [-0.25, -0.2) is 4.98 Å². The quantitative estimate of drug-likeness (QED) is 0.905. The molecular weight excluding hydrogens is 242 g/mol. The lowest BCUT2D eigenvalue weighted by Gasteiger charge is -2.07. The molecule has 2 N–H and O–H groups in total. The molecule has 2 rings (SSSR count). The van der Waals surface area contributed by atoms with E-state index in [9.17, 15) is 0 Å². The van der Waals surface area contributed by atoms with E-state index in [0.717, 1.165) is 11.3 Å². The van der Waals surface area contributed by atoms with E-state index < -0.39 is 0 Å². The topological polar surface area (TPSA) is 81.2 Å². The number of aromatic nitrogens is 1. The minimum atomic E-state index is 0.170. The summed E-state index contributed by atoms with van der Waals surface area (Å²) in [6, 6.07) is 12.7. The Morgan fingerprint density at radius 2 is 2.16 bits per heavy atom. The van der Waals surface area contributed by atoms with Gasteiger partial charge in [-0.3, -0.25) is 0 Å². The highest BCUT2D eigenvalue weighted by molar-refractivity contribution is 5.50. The Labute approximate surface area is 111 Å². The van der Waals surface area contributed by atoms with Crippen molar-refractivity contribution in [3.63, 3.8) is 0 Å². The number of nitrogens with two attached hydrogens (primary N) is 1. The second kappa shape index (κ2) is 5.74. The maximum Gasteiger partial charge on any atom is 0.214 e. The number of methoxy groups -OCH3 is 1. The summed E-state index contributed by atoms with van der Waals surface area (Å²) in [5.74, 6) is 1.14. The van der Waals surface area contributed by atoms with Crippen molar-refractivity contribution in [1.29, 1.82) is 5.26 Å². The van der Waals surface area contributed by atoms with Crippen LogP contribution in [-0.2, 0) is 6.61 Å². The fourth-order valence-corrected chi connectivity index (χ4v) is 1.54. The third-order valence-electron chi connectivity index (χ3n) is 2.53. The standard InChI is InChI=1S/C14H13N3O2/c1-18-11-4-2-3-10(7-11)9-19-14-6-5-12(16)13(8-15)17-14/h2-7H,9,16H2,1H3. The molecule has 0 aliphatic heterocycles. The first-order chi connectivity index (χ1) is 9.22. The molecule has 5 heteroatoms. The summed E-state index contributed by atoms with van der Waals surface area (Å²) in [6.45, 7) is 0.346. The van der Waals surface area contributed by atoms with Gasteiger partial charge in [0.05, 0.1) is 12.8 Å². The first-order valence-electron chi connectivity index (χ1n) is 5.65. The van der Waals surface area contributed by atoms with Crippen molar-refractivity contribution in [2.45, 2.75) is 6.61 Å². The molecule has 2 aromatic rings. The van der Waals surface area contributed by atoms with Crippen LogP contribution in [-0.4, -0.2) is 12.1 Å². The smallest absolute Gasteiger partial charge is 0.214 e. The van der Waals surface area contributed by atoms with Gasteiger partial charge in [-0.1, -0.05) is 12.1 Å². The third kappa shape index (κ3) is 3.13. The second-order valence-electron chi connectivity index (χ2n) is 3.84. The number of ether oxygens (including phenoxy) is 2. The highest BCUT2D eigenvalue weighted by atomic mass is 16.5. The number of anilines is 1. The van der Waals surface area contributed by atoms with E-state index in [4.69, 9.17) is 20.5 Å². The van der Waals surface area contributed by atoms with Gasteiger partial charge >= 0.3 is 0 Å². The van der Waals surface area contributed by atoms with Crippen molar-refractivity contribution < 1.29 is 9.47 Å². The van der Waals surface area contributed by atoms with Gasteiger partial charge in [-0.15, -0.1) is 0 Å². The summed E-state index contributed by atoms with van der Waals surface area (Å²) < 4.78 is 10.6. The SMILES string of the molecule is COc1cccc(COc2ccc(N)c(C#N)n2)c1. The molecule has 0 atom stereocenters. The van der Waals surface area contributed by atoms with E-state index in [1.165, 1.54) is 0 Å². The Bertz CT molecular complexity index is 620. The zero-order valence-electron chi connectivity index (χ0n) is 10.5. The third-order valence-corrected chi connectivity index (χ3v) is 2.53. The van der Waals surface area contributed by atoms with E-state index in [1.54, 1.807) is 19.2 Å². The van der Waals surface area contributed by atoms with Crippen LogP contribution in [0.25, 0.3) is 0 Å². The molecule has 0 saturated heterocycles. The summed E-state index contributed by atoms with van der Waals surface area (Å²) in [5.41, 5.74) is 7.06. The predicted octanol–water partition coefficient (Wildman–Crippen LogP) is 2.12. The molecule has 0 saturated carbocycles. The molecule has 1 aromatic heterocycles. The number of nitrogens with zero attached hydrogens (tertiary/aromatic N) is 2. The molecule has 0 unspecified atom stereocenters. The van der Waals surface area contributed by atoms with Crippen LogP contribution in [0.3, 0.4) is 0 Å². The van der Waals surface area contributed by atoms with Crippen LogP contribution < -0.4 is 15.2 Å². The van der Waals surface area contributed by atoms with Gasteiger partial charge in [0.2, 0.25) is 5.88 Å². The predicted molar refractivity (Wildman–Crippen MR) is 70.7 cm³/mol. The van der Waals surface area contributed by atoms with Crippen molar-refractivity contribution in [3.8, 4) is 17.7 Å². The molecule has 1 aromatic carbocycles. The Kier molecular flexibility index (Phi) is 3.84. The number of nitriles is 1. The highest BCUT2D eigenvalue weighted by Gasteiger charge is 2.03. The van der Waals surface area contributed by atoms with Gasteiger partial charge in [0.15, 0.2) is 5.69 Å². The van der Waals surface area contributed by atoms with E-state index in [1.807, 2.05) is 30.3 Å². The molecule has 1 heterocycles. The molecule has 0 spiro atoms. The molecule has 0 fully saturated rings. The average Bonchev–Trinajstić information content (AvgIpc) is 2.46. The van der Waals surface area contributed by atoms with Crippen molar-refractivity contribution in [2.24, 2.45) is 0 Å². The zero-order valence-corrected chi connectivity index (χ0v) is 10.5. The highest BCUT2D eigenvalue weighted by Crippen LogP contribution is 2.17. The molecule has 0 bridgehead atoms. The lowest BCUT2D eigenvalue weighted by atomic mass is 10.2. The number of benzene rings is 1. The summed E-state index contributed by atoms with van der Waals surface area (Å²) in [5, 5.41) is 8.83. The van der Waals surface area contributed by atoms with Gasteiger partial charge in [0, 0.05) is 6.07 Å². The monoisotopic (exact) mass is 255 g/mol. The summed E-state index contributed by atoms with van der Waals surface area (Å²) in [7, 11) is 1.61. The average molecular weight is 255 g/mol. The largest absolute Gasteiger partial charge is 0.497 e. The Hall–Kier alpha value is -2.74. The number of hydrogen-bond acceptors (Lipinski definition) is 5. The lowest BCUT2D eigenvalue weighted by molar-refractivity contribution is 0.293. The number of hydrogen-bond donors (Lipinski definition) is 1. The molecular formula is C14H13N3O2. The van der Waals surface area contributed by atoms with Gasteiger partial charge in [0.25, 0.3) is 0 Å². The van der Waals surface area contributed by atoms with Gasteiger partial charge in [-0.2, -0.15) is 5.26 Å². The Morgan fingerprint density at radius 1 is 1.32 bits per heavy atom. The van der Waals surface area contributed by atoms with Crippen LogP contribution in [0.5, 0.6) is 11.6 Å². The lowest BCUT2D eigenvalue weighted by Crippen LogP contribution is -2.00. The molecule has 96 valence electrons.